The fourth-order valence-electron chi connectivity index (χ4n) is 1.30. The Hall–Kier alpha value is -1.23. The summed E-state index contributed by atoms with van der Waals surface area (Å²) in [6.45, 7) is 8.27. The molecule has 0 aliphatic carbocycles. The van der Waals surface area contributed by atoms with Gasteiger partial charge in [-0.3, -0.25) is 0 Å². The Labute approximate surface area is 87.4 Å². The molecular weight excluding hydrogens is 169 g/mol. The molecule has 0 atom stereocenters. The van der Waals surface area contributed by atoms with Gasteiger partial charge in [-0.1, -0.05) is 30.8 Å². The van der Waals surface area contributed by atoms with Crippen LogP contribution in [0.4, 0.5) is 0 Å². The number of aryl methyl sites for hydroxylation is 1. The molecule has 0 amide bonds. The van der Waals surface area contributed by atoms with E-state index in [1.165, 1.54) is 11.0 Å². The Bertz CT molecular complexity index is 397. The molecule has 1 aromatic heterocycles. The second kappa shape index (κ2) is 4.33. The molecule has 0 bridgehead atoms. The van der Waals surface area contributed by atoms with Crippen LogP contribution in [0.15, 0.2) is 6.07 Å². The number of hydrogen-bond donors (Lipinski definition) is 0. The van der Waals surface area contributed by atoms with Crippen molar-refractivity contribution in [3.05, 3.63) is 23.0 Å². The molecule has 0 aliphatic rings. The minimum atomic E-state index is 0.465. The molecule has 14 heavy (non-hydrogen) atoms. The normalized spacial score (nSPS) is 9.79. The zero-order chi connectivity index (χ0) is 10.7. The molecule has 0 fully saturated rings. The van der Waals surface area contributed by atoms with Gasteiger partial charge < -0.3 is 0 Å². The molecule has 0 aromatic carbocycles. The average molecular weight is 185 g/mol. The molecule has 0 saturated carbocycles. The average Bonchev–Trinajstić information content (AvgIpc) is 2.12. The second-order valence-corrected chi connectivity index (χ2v) is 3.87. The summed E-state index contributed by atoms with van der Waals surface area (Å²) in [4.78, 5) is 4.55. The third-order valence-corrected chi connectivity index (χ3v) is 2.39. The molecule has 2 heteroatoms. The van der Waals surface area contributed by atoms with E-state index in [1.54, 1.807) is 0 Å². The van der Waals surface area contributed by atoms with Gasteiger partial charge in [0.2, 0.25) is 0 Å². The monoisotopic (exact) mass is 185 g/mol. The molecule has 0 unspecified atom stereocenters. The van der Waals surface area contributed by atoms with Crippen molar-refractivity contribution in [2.24, 2.45) is 0 Å². The molecule has 0 N–H and O–H groups in total. The molecule has 0 saturated heterocycles. The number of nitrogens with zero attached hydrogens (tertiary/aromatic N) is 1. The first-order valence-corrected chi connectivity index (χ1v) is 4.97. The molecular formula is C12H16BN. The summed E-state index contributed by atoms with van der Waals surface area (Å²) in [5, 5.41) is 0. The van der Waals surface area contributed by atoms with E-state index in [0.29, 0.717) is 5.92 Å². The van der Waals surface area contributed by atoms with Crippen LogP contribution >= 0.6 is 0 Å². The summed E-state index contributed by atoms with van der Waals surface area (Å²) in [5.74, 6) is 6.42. The first kappa shape index (κ1) is 10.9. The van der Waals surface area contributed by atoms with Crippen LogP contribution in [0.1, 0.15) is 43.6 Å². The van der Waals surface area contributed by atoms with E-state index in [-0.39, 0.29) is 0 Å². The summed E-state index contributed by atoms with van der Waals surface area (Å²) in [5.41, 5.74) is 4.53. The molecule has 0 aliphatic heterocycles. The topological polar surface area (TPSA) is 12.9 Å². The van der Waals surface area contributed by atoms with Crippen molar-refractivity contribution in [2.45, 2.75) is 33.6 Å². The smallest absolute Gasteiger partial charge is 0.143 e. The largest absolute Gasteiger partial charge is 0.245 e. The highest BCUT2D eigenvalue weighted by Crippen LogP contribution is 2.12. The summed E-state index contributed by atoms with van der Waals surface area (Å²) in [6.07, 6.45) is 0. The van der Waals surface area contributed by atoms with Crippen molar-refractivity contribution >= 4 is 13.3 Å². The van der Waals surface area contributed by atoms with Crippen LogP contribution in [0.2, 0.25) is 0 Å². The first-order chi connectivity index (χ1) is 6.56. The Kier molecular flexibility index (Phi) is 3.35. The van der Waals surface area contributed by atoms with Gasteiger partial charge in [0.15, 0.2) is 0 Å². The minimum absolute atomic E-state index is 0.465. The lowest BCUT2D eigenvalue weighted by molar-refractivity contribution is 0.820. The summed E-state index contributed by atoms with van der Waals surface area (Å²) >= 11 is 0. The Balaban J connectivity index is 3.33. The molecule has 1 aromatic rings. The molecule has 1 nitrogen and oxygen atoms in total. The van der Waals surface area contributed by atoms with Crippen molar-refractivity contribution < 1.29 is 0 Å². The zero-order valence-electron chi connectivity index (χ0n) is 9.60. The van der Waals surface area contributed by atoms with Gasteiger partial charge in [0.1, 0.15) is 13.5 Å². The third-order valence-electron chi connectivity index (χ3n) is 2.39. The molecule has 0 spiro atoms. The van der Waals surface area contributed by atoms with Crippen LogP contribution in [-0.2, 0) is 0 Å². The van der Waals surface area contributed by atoms with Crippen molar-refractivity contribution in [3.63, 3.8) is 0 Å². The molecule has 1 heterocycles. The minimum Gasteiger partial charge on any atom is -0.245 e. The highest BCUT2D eigenvalue weighted by atomic mass is 14.7. The standard InChI is InChI=1S/C12H16BN/c1-5-6-10-12(13)9(4)7-11(14-10)8(2)3/h7-8H,13H2,1-4H3. The van der Waals surface area contributed by atoms with Crippen LogP contribution < -0.4 is 5.46 Å². The van der Waals surface area contributed by atoms with Crippen LogP contribution in [0, 0.1) is 18.8 Å². The van der Waals surface area contributed by atoms with Gasteiger partial charge in [-0.25, -0.2) is 4.98 Å². The van der Waals surface area contributed by atoms with Gasteiger partial charge in [-0.15, -0.1) is 0 Å². The maximum Gasteiger partial charge on any atom is 0.143 e. The quantitative estimate of drug-likeness (QED) is 0.472. The van der Waals surface area contributed by atoms with Gasteiger partial charge in [0, 0.05) is 5.69 Å². The van der Waals surface area contributed by atoms with Crippen molar-refractivity contribution in [3.8, 4) is 11.8 Å². The maximum atomic E-state index is 4.55. The second-order valence-electron chi connectivity index (χ2n) is 3.87. The van der Waals surface area contributed by atoms with Gasteiger partial charge in [0.25, 0.3) is 0 Å². The zero-order valence-corrected chi connectivity index (χ0v) is 9.60. The third kappa shape index (κ3) is 2.17. The van der Waals surface area contributed by atoms with E-state index < -0.39 is 0 Å². The lowest BCUT2D eigenvalue weighted by Gasteiger charge is -2.09. The summed E-state index contributed by atoms with van der Waals surface area (Å²) in [7, 11) is 2.08. The first-order valence-electron chi connectivity index (χ1n) is 4.97. The number of aromatic nitrogens is 1. The van der Waals surface area contributed by atoms with Crippen LogP contribution in [0.5, 0.6) is 0 Å². The van der Waals surface area contributed by atoms with E-state index in [1.807, 2.05) is 6.92 Å². The van der Waals surface area contributed by atoms with Crippen molar-refractivity contribution in [1.29, 1.82) is 0 Å². The van der Waals surface area contributed by atoms with Crippen LogP contribution in [0.3, 0.4) is 0 Å². The fourth-order valence-corrected chi connectivity index (χ4v) is 1.30. The van der Waals surface area contributed by atoms with E-state index in [4.69, 9.17) is 0 Å². The SMILES string of the molecule is Bc1c(C)cc(C(C)C)nc1C#CC. The van der Waals surface area contributed by atoms with Crippen molar-refractivity contribution in [1.82, 2.24) is 4.98 Å². The summed E-state index contributed by atoms with van der Waals surface area (Å²) < 4.78 is 0. The lowest BCUT2D eigenvalue weighted by atomic mass is 9.88. The predicted octanol–water partition coefficient (Wildman–Crippen LogP) is 1.14. The van der Waals surface area contributed by atoms with Crippen LogP contribution in [-0.4, -0.2) is 12.8 Å². The number of rotatable bonds is 1. The van der Waals surface area contributed by atoms with E-state index in [9.17, 15) is 0 Å². The predicted molar refractivity (Wildman–Crippen MR) is 63.8 cm³/mol. The number of hydrogen-bond acceptors (Lipinski definition) is 1. The highest BCUT2D eigenvalue weighted by Gasteiger charge is 2.06. The molecule has 1 rings (SSSR count). The highest BCUT2D eigenvalue weighted by molar-refractivity contribution is 6.34. The van der Waals surface area contributed by atoms with E-state index >= 15 is 0 Å². The van der Waals surface area contributed by atoms with E-state index in [2.05, 4.69) is 51.5 Å². The maximum absolute atomic E-state index is 4.55. The van der Waals surface area contributed by atoms with Crippen LogP contribution in [0.25, 0.3) is 0 Å². The van der Waals surface area contributed by atoms with Gasteiger partial charge in [-0.05, 0) is 31.8 Å². The summed E-state index contributed by atoms with van der Waals surface area (Å²) in [6, 6.07) is 2.15. The van der Waals surface area contributed by atoms with Crippen molar-refractivity contribution in [2.75, 3.05) is 0 Å². The Morgan fingerprint density at radius 1 is 1.43 bits per heavy atom. The Morgan fingerprint density at radius 3 is 2.57 bits per heavy atom. The van der Waals surface area contributed by atoms with Gasteiger partial charge in [-0.2, -0.15) is 0 Å². The number of pyridine rings is 1. The van der Waals surface area contributed by atoms with E-state index in [0.717, 1.165) is 11.4 Å². The van der Waals surface area contributed by atoms with Gasteiger partial charge in [0.05, 0.1) is 0 Å². The molecule has 0 radical (unpaired) electrons. The Morgan fingerprint density at radius 2 is 2.07 bits per heavy atom. The lowest BCUT2D eigenvalue weighted by Crippen LogP contribution is -2.16. The van der Waals surface area contributed by atoms with Gasteiger partial charge >= 0.3 is 0 Å². The molecule has 72 valence electrons. The fraction of sp³-hybridized carbons (Fsp3) is 0.417.